The van der Waals surface area contributed by atoms with E-state index in [4.69, 9.17) is 4.74 Å². The molecule has 2 N–H and O–H groups in total. The second-order valence-electron chi connectivity index (χ2n) is 13.2. The summed E-state index contributed by atoms with van der Waals surface area (Å²) in [5, 5.41) is 22.4. The molecule has 0 spiro atoms. The summed E-state index contributed by atoms with van der Waals surface area (Å²) < 4.78 is 54.3. The summed E-state index contributed by atoms with van der Waals surface area (Å²) in [6.07, 6.45) is 4.31. The summed E-state index contributed by atoms with van der Waals surface area (Å²) in [5.74, 6) is -2.28. The molecule has 10 heteroatoms. The van der Waals surface area contributed by atoms with Crippen LogP contribution in [0, 0.1) is 17.5 Å². The lowest BCUT2D eigenvalue weighted by atomic mass is 9.91. The molecule has 0 aliphatic carbocycles. The quantitative estimate of drug-likeness (QED) is 0.234. The van der Waals surface area contributed by atoms with Crippen molar-refractivity contribution in [2.24, 2.45) is 0 Å². The van der Waals surface area contributed by atoms with E-state index in [1.807, 2.05) is 4.90 Å². The molecule has 3 fully saturated rings. The van der Waals surface area contributed by atoms with Gasteiger partial charge in [-0.25, -0.2) is 13.2 Å². The van der Waals surface area contributed by atoms with E-state index in [1.54, 1.807) is 13.8 Å². The molecule has 7 rings (SSSR count). The van der Waals surface area contributed by atoms with Crippen molar-refractivity contribution in [3.63, 3.8) is 0 Å². The number of hydrogen-bond acceptors (Lipinski definition) is 7. The normalized spacial score (nSPS) is 23.8. The molecular weight excluding hydrogens is 581 g/mol. The Hall–Kier alpha value is -3.89. The molecule has 1 unspecified atom stereocenters. The summed E-state index contributed by atoms with van der Waals surface area (Å²) in [5.41, 5.74) is -0.340. The van der Waals surface area contributed by atoms with Gasteiger partial charge in [-0.3, -0.25) is 4.90 Å². The average Bonchev–Trinajstić information content (AvgIpc) is 3.51. The third-order valence-electron chi connectivity index (χ3n) is 9.80. The van der Waals surface area contributed by atoms with E-state index in [1.165, 1.54) is 30.3 Å². The molecule has 3 aromatic carbocycles. The van der Waals surface area contributed by atoms with Crippen LogP contribution in [0.4, 0.5) is 19.0 Å². The second-order valence-corrected chi connectivity index (χ2v) is 13.2. The van der Waals surface area contributed by atoms with Gasteiger partial charge in [0.2, 0.25) is 0 Å². The van der Waals surface area contributed by atoms with Gasteiger partial charge >= 0.3 is 6.01 Å². The molecule has 0 saturated carbocycles. The summed E-state index contributed by atoms with van der Waals surface area (Å²) in [6, 6.07) is 6.64. The number of phenolic OH excluding ortho intramolecular Hbond substituents is 1. The first kappa shape index (κ1) is 29.8. The number of benzene rings is 3. The Bertz CT molecular complexity index is 1860. The van der Waals surface area contributed by atoms with Gasteiger partial charge in [-0.1, -0.05) is 25.1 Å². The van der Waals surface area contributed by atoms with E-state index in [-0.39, 0.29) is 52.5 Å². The van der Waals surface area contributed by atoms with Crippen LogP contribution in [-0.4, -0.2) is 69.0 Å². The van der Waals surface area contributed by atoms with Crippen LogP contribution in [-0.2, 0) is 6.42 Å². The predicted molar refractivity (Wildman–Crippen MR) is 168 cm³/mol. The Morgan fingerprint density at radius 3 is 2.62 bits per heavy atom. The minimum Gasteiger partial charge on any atom is -0.508 e. The maximum atomic E-state index is 16.8. The summed E-state index contributed by atoms with van der Waals surface area (Å²) in [4.78, 5) is 13.4. The fourth-order valence-corrected chi connectivity index (χ4v) is 7.80. The SMILES string of the molecule is C=C1CN2CCCC2(COc2nc(N3CCC[C@@](C)(O)C3)c3cc(F)c(-c4cc(O)cc5ccc(F)c(CC)c45)c(F)c3n2)C1. The molecule has 4 heterocycles. The standard InChI is InChI=1S/C35H37F3N4O3/c1-4-23-26(36)8-7-21-13-22(43)14-24(28(21)23)29-27(37)15-25-31(30(29)38)39-33(40-32(25)41-11-5-9-34(3,44)18-41)45-19-35-10-6-12-42(35)17-20(2)16-35/h7-8,13-15,43-44H,2,4-6,9-12,16-19H2,1,3H3/t34-,35?/m1/s1. The molecule has 7 nitrogen and oxygen atoms in total. The number of piperidine rings is 1. The van der Waals surface area contributed by atoms with Gasteiger partial charge in [-0.05, 0) is 98.2 Å². The van der Waals surface area contributed by atoms with Crippen LogP contribution in [0.3, 0.4) is 0 Å². The van der Waals surface area contributed by atoms with Crippen LogP contribution in [0.15, 0.2) is 42.5 Å². The van der Waals surface area contributed by atoms with Crippen LogP contribution >= 0.6 is 0 Å². The van der Waals surface area contributed by atoms with Gasteiger partial charge in [-0.15, -0.1) is 0 Å². The number of aromatic nitrogens is 2. The van der Waals surface area contributed by atoms with Crippen molar-refractivity contribution >= 4 is 27.5 Å². The van der Waals surface area contributed by atoms with Gasteiger partial charge in [-0.2, -0.15) is 9.97 Å². The van der Waals surface area contributed by atoms with E-state index in [0.29, 0.717) is 42.3 Å². The highest BCUT2D eigenvalue weighted by Gasteiger charge is 2.46. The largest absolute Gasteiger partial charge is 0.508 e. The molecule has 3 saturated heterocycles. The van der Waals surface area contributed by atoms with Crippen molar-refractivity contribution in [2.45, 2.75) is 63.5 Å². The molecular formula is C35H37F3N4O3. The number of phenols is 1. The lowest BCUT2D eigenvalue weighted by Gasteiger charge is -2.38. The smallest absolute Gasteiger partial charge is 0.319 e. The summed E-state index contributed by atoms with van der Waals surface area (Å²) in [6.45, 7) is 10.5. The Kier molecular flexibility index (Phi) is 7.20. The topological polar surface area (TPSA) is 82.0 Å². The lowest BCUT2D eigenvalue weighted by molar-refractivity contribution is 0.0447. The van der Waals surface area contributed by atoms with Crippen molar-refractivity contribution in [3.8, 4) is 22.9 Å². The Labute approximate surface area is 260 Å². The zero-order valence-electron chi connectivity index (χ0n) is 25.6. The zero-order valence-corrected chi connectivity index (χ0v) is 25.6. The van der Waals surface area contributed by atoms with Gasteiger partial charge in [0.1, 0.15) is 35.3 Å². The number of halogens is 3. The van der Waals surface area contributed by atoms with Crippen LogP contribution in [0.25, 0.3) is 32.8 Å². The van der Waals surface area contributed by atoms with Gasteiger partial charge in [0.25, 0.3) is 0 Å². The zero-order chi connectivity index (χ0) is 31.7. The van der Waals surface area contributed by atoms with E-state index in [0.717, 1.165) is 37.9 Å². The molecule has 1 aromatic heterocycles. The van der Waals surface area contributed by atoms with Crippen LogP contribution in [0.5, 0.6) is 11.8 Å². The van der Waals surface area contributed by atoms with E-state index in [9.17, 15) is 14.6 Å². The number of anilines is 1. The first-order valence-corrected chi connectivity index (χ1v) is 15.6. The number of β-amino-alcohol motifs (C(OH)–C–C–N with tert-alkyl or cyclic N) is 1. The van der Waals surface area contributed by atoms with E-state index >= 15 is 8.78 Å². The van der Waals surface area contributed by atoms with Gasteiger partial charge in [0.15, 0.2) is 5.82 Å². The molecule has 0 radical (unpaired) electrons. The maximum Gasteiger partial charge on any atom is 0.319 e. The molecule has 45 heavy (non-hydrogen) atoms. The Balaban J connectivity index is 1.42. The highest BCUT2D eigenvalue weighted by Crippen LogP contribution is 2.44. The minimum absolute atomic E-state index is 0.0340. The molecule has 0 bridgehead atoms. The van der Waals surface area contributed by atoms with Crippen molar-refractivity contribution in [1.29, 1.82) is 0 Å². The Morgan fingerprint density at radius 2 is 1.84 bits per heavy atom. The van der Waals surface area contributed by atoms with Crippen molar-refractivity contribution in [3.05, 3.63) is 65.5 Å². The van der Waals surface area contributed by atoms with Crippen molar-refractivity contribution in [2.75, 3.05) is 37.7 Å². The summed E-state index contributed by atoms with van der Waals surface area (Å²) >= 11 is 0. The highest BCUT2D eigenvalue weighted by molar-refractivity contribution is 6.03. The molecule has 3 aliphatic heterocycles. The number of aliphatic hydroxyl groups is 1. The molecule has 0 amide bonds. The van der Waals surface area contributed by atoms with Gasteiger partial charge < -0.3 is 19.8 Å². The second kappa shape index (κ2) is 10.9. The number of fused-ring (bicyclic) bond motifs is 3. The number of rotatable bonds is 6. The molecule has 236 valence electrons. The maximum absolute atomic E-state index is 16.8. The van der Waals surface area contributed by atoms with E-state index in [2.05, 4.69) is 21.4 Å². The average molecular weight is 619 g/mol. The fraction of sp³-hybridized carbons (Fsp3) is 0.429. The number of aromatic hydroxyl groups is 1. The van der Waals surface area contributed by atoms with E-state index < -0.39 is 28.6 Å². The van der Waals surface area contributed by atoms with Crippen LogP contribution in [0.2, 0.25) is 0 Å². The van der Waals surface area contributed by atoms with Crippen LogP contribution in [0.1, 0.15) is 51.5 Å². The number of aryl methyl sites for hydroxylation is 1. The predicted octanol–water partition coefficient (Wildman–Crippen LogP) is 6.66. The van der Waals surface area contributed by atoms with Crippen molar-refractivity contribution in [1.82, 2.24) is 14.9 Å². The summed E-state index contributed by atoms with van der Waals surface area (Å²) in [7, 11) is 0. The monoisotopic (exact) mass is 618 g/mol. The number of hydrogen-bond donors (Lipinski definition) is 2. The first-order chi connectivity index (χ1) is 21.5. The third kappa shape index (κ3) is 5.08. The number of ether oxygens (including phenoxy) is 1. The third-order valence-corrected chi connectivity index (χ3v) is 9.80. The van der Waals surface area contributed by atoms with Gasteiger partial charge in [0, 0.05) is 25.0 Å². The molecule has 3 aliphatic rings. The number of nitrogens with zero attached hydrogens (tertiary/aromatic N) is 4. The minimum atomic E-state index is -1.01. The van der Waals surface area contributed by atoms with Crippen LogP contribution < -0.4 is 9.64 Å². The van der Waals surface area contributed by atoms with Crippen molar-refractivity contribution < 1.29 is 28.1 Å². The highest BCUT2D eigenvalue weighted by atomic mass is 19.1. The molecule has 2 atom stereocenters. The first-order valence-electron chi connectivity index (χ1n) is 15.6. The molecule has 4 aromatic rings. The lowest BCUT2D eigenvalue weighted by Crippen LogP contribution is -2.46. The fourth-order valence-electron chi connectivity index (χ4n) is 7.80. The van der Waals surface area contributed by atoms with Gasteiger partial charge in [0.05, 0.1) is 16.7 Å². The Morgan fingerprint density at radius 1 is 1.04 bits per heavy atom.